The number of nitrogens with zero attached hydrogens (tertiary/aromatic N) is 1. The molecule has 11 heteroatoms. The maximum absolute atomic E-state index is 13.8. The molecule has 0 bridgehead atoms. The van der Waals surface area contributed by atoms with Gasteiger partial charge in [0.1, 0.15) is 11.6 Å². The monoisotopic (exact) mass is 467 g/mol. The summed E-state index contributed by atoms with van der Waals surface area (Å²) in [5.41, 5.74) is -1.51. The Hall–Kier alpha value is -3.53. The molecule has 1 aliphatic rings. The van der Waals surface area contributed by atoms with Gasteiger partial charge in [-0.05, 0) is 36.4 Å². The number of aromatic nitrogens is 1. The summed E-state index contributed by atoms with van der Waals surface area (Å²) >= 11 is 6.15. The van der Waals surface area contributed by atoms with Gasteiger partial charge in [-0.2, -0.15) is 13.2 Å². The summed E-state index contributed by atoms with van der Waals surface area (Å²) in [7, 11) is 0. The molecule has 4 rings (SSSR count). The highest BCUT2D eigenvalue weighted by Gasteiger charge is 2.35. The van der Waals surface area contributed by atoms with Crippen LogP contribution in [0.3, 0.4) is 0 Å². The number of pyridine rings is 1. The molecular formula is C21H11ClF5N3O2. The van der Waals surface area contributed by atoms with E-state index in [2.05, 4.69) is 15.6 Å². The fraction of sp³-hybridized carbons (Fsp3) is 0.0952. The summed E-state index contributed by atoms with van der Waals surface area (Å²) < 4.78 is 66.4. The predicted octanol–water partition coefficient (Wildman–Crippen LogP) is 5.12. The summed E-state index contributed by atoms with van der Waals surface area (Å²) in [6.07, 6.45) is -2.47. The van der Waals surface area contributed by atoms with Gasteiger partial charge in [0, 0.05) is 27.9 Å². The van der Waals surface area contributed by atoms with Crippen LogP contribution in [0.4, 0.5) is 27.6 Å². The van der Waals surface area contributed by atoms with Gasteiger partial charge < -0.3 is 10.6 Å². The highest BCUT2D eigenvalue weighted by atomic mass is 35.5. The SMILES string of the molecule is O=C(Nc1cncc2c1C(c1cc(F)ccc1Cl)NC2=O)c1cc(F)cc(C(F)(F)F)c1. The van der Waals surface area contributed by atoms with E-state index in [9.17, 15) is 31.5 Å². The molecule has 0 aliphatic carbocycles. The van der Waals surface area contributed by atoms with E-state index in [1.165, 1.54) is 18.5 Å². The smallest absolute Gasteiger partial charge is 0.341 e. The second-order valence-electron chi connectivity index (χ2n) is 6.90. The molecule has 1 atom stereocenters. The number of anilines is 1. The Bertz CT molecular complexity index is 1260. The van der Waals surface area contributed by atoms with Gasteiger partial charge in [0.25, 0.3) is 11.8 Å². The summed E-state index contributed by atoms with van der Waals surface area (Å²) in [4.78, 5) is 28.9. The van der Waals surface area contributed by atoms with Crippen molar-refractivity contribution in [2.45, 2.75) is 12.2 Å². The van der Waals surface area contributed by atoms with Crippen molar-refractivity contribution in [3.63, 3.8) is 0 Å². The Balaban J connectivity index is 1.75. The molecule has 1 aliphatic heterocycles. The molecule has 0 fully saturated rings. The van der Waals surface area contributed by atoms with E-state index in [1.807, 2.05) is 0 Å². The zero-order valence-electron chi connectivity index (χ0n) is 15.7. The molecule has 1 unspecified atom stereocenters. The first-order valence-corrected chi connectivity index (χ1v) is 9.35. The minimum Gasteiger partial charge on any atom is -0.341 e. The Labute approximate surface area is 182 Å². The molecule has 5 nitrogen and oxygen atoms in total. The lowest BCUT2D eigenvalue weighted by molar-refractivity contribution is -0.137. The minimum absolute atomic E-state index is 0.0333. The van der Waals surface area contributed by atoms with E-state index >= 15 is 0 Å². The number of fused-ring (bicyclic) bond motifs is 1. The number of nitrogens with one attached hydrogen (secondary N) is 2. The molecule has 2 amide bonds. The van der Waals surface area contributed by atoms with Crippen molar-refractivity contribution in [2.75, 3.05) is 5.32 Å². The van der Waals surface area contributed by atoms with Crippen LogP contribution in [0.5, 0.6) is 0 Å². The molecule has 0 spiro atoms. The molecule has 0 saturated heterocycles. The second kappa shape index (κ2) is 7.86. The van der Waals surface area contributed by atoms with Gasteiger partial charge in [0.15, 0.2) is 0 Å². The van der Waals surface area contributed by atoms with Crippen molar-refractivity contribution in [3.05, 3.63) is 93.3 Å². The number of amides is 2. The van der Waals surface area contributed by atoms with Crippen molar-refractivity contribution >= 4 is 29.1 Å². The fourth-order valence-corrected chi connectivity index (χ4v) is 3.62. The standard InChI is InChI=1S/C21H11ClF5N3O2/c22-15-2-1-11(23)6-13(15)18-17-14(20(32)30-18)7-28-8-16(17)29-19(31)9-3-10(21(25,26)27)5-12(24)4-9/h1-8,18H,(H,29,31)(H,30,32). The van der Waals surface area contributed by atoms with Crippen LogP contribution < -0.4 is 10.6 Å². The van der Waals surface area contributed by atoms with E-state index in [0.29, 0.717) is 12.1 Å². The molecule has 1 aromatic heterocycles. The molecule has 2 aromatic carbocycles. The number of carbonyl (C=O) groups excluding carboxylic acids is 2. The van der Waals surface area contributed by atoms with Crippen molar-refractivity contribution in [1.29, 1.82) is 0 Å². The summed E-state index contributed by atoms with van der Waals surface area (Å²) in [6, 6.07) is 3.98. The lowest BCUT2D eigenvalue weighted by Gasteiger charge is -2.18. The van der Waals surface area contributed by atoms with E-state index in [0.717, 1.165) is 12.1 Å². The molecule has 0 radical (unpaired) electrons. The molecule has 32 heavy (non-hydrogen) atoms. The number of carbonyl (C=O) groups is 2. The minimum atomic E-state index is -4.86. The number of halogens is 6. The van der Waals surface area contributed by atoms with Crippen LogP contribution in [-0.2, 0) is 6.18 Å². The molecule has 0 saturated carbocycles. The van der Waals surface area contributed by atoms with Crippen molar-refractivity contribution in [1.82, 2.24) is 10.3 Å². The third-order valence-corrected chi connectivity index (χ3v) is 5.15. The Morgan fingerprint density at radius 2 is 1.81 bits per heavy atom. The van der Waals surface area contributed by atoms with Crippen LogP contribution in [0, 0.1) is 11.6 Å². The molecule has 164 valence electrons. The Morgan fingerprint density at radius 3 is 2.53 bits per heavy atom. The molecular weight excluding hydrogens is 457 g/mol. The zero-order valence-corrected chi connectivity index (χ0v) is 16.5. The average molecular weight is 468 g/mol. The number of benzene rings is 2. The number of hydrogen-bond acceptors (Lipinski definition) is 3. The highest BCUT2D eigenvalue weighted by Crippen LogP contribution is 2.39. The number of hydrogen-bond donors (Lipinski definition) is 2. The van der Waals surface area contributed by atoms with Gasteiger partial charge in [-0.1, -0.05) is 11.6 Å². The highest BCUT2D eigenvalue weighted by molar-refractivity contribution is 6.31. The van der Waals surface area contributed by atoms with Crippen molar-refractivity contribution in [3.8, 4) is 0 Å². The topological polar surface area (TPSA) is 71.1 Å². The van der Waals surface area contributed by atoms with Gasteiger partial charge in [-0.25, -0.2) is 8.78 Å². The molecule has 3 aromatic rings. The van der Waals surface area contributed by atoms with Crippen LogP contribution in [0.25, 0.3) is 0 Å². The number of rotatable bonds is 3. The van der Waals surface area contributed by atoms with Gasteiger partial charge >= 0.3 is 6.18 Å². The first-order chi connectivity index (χ1) is 15.0. The third kappa shape index (κ3) is 4.01. The second-order valence-corrected chi connectivity index (χ2v) is 7.31. The van der Waals surface area contributed by atoms with E-state index in [4.69, 9.17) is 11.6 Å². The van der Waals surface area contributed by atoms with Crippen LogP contribution in [-0.4, -0.2) is 16.8 Å². The fourth-order valence-electron chi connectivity index (χ4n) is 3.39. The predicted molar refractivity (Wildman–Crippen MR) is 104 cm³/mol. The largest absolute Gasteiger partial charge is 0.416 e. The van der Waals surface area contributed by atoms with Gasteiger partial charge in [0.05, 0.1) is 29.1 Å². The maximum Gasteiger partial charge on any atom is 0.416 e. The Morgan fingerprint density at radius 1 is 1.06 bits per heavy atom. The third-order valence-electron chi connectivity index (χ3n) is 4.80. The number of alkyl halides is 3. The maximum atomic E-state index is 13.8. The summed E-state index contributed by atoms with van der Waals surface area (Å²) in [5, 5.41) is 5.10. The van der Waals surface area contributed by atoms with Gasteiger partial charge in [0.2, 0.25) is 0 Å². The van der Waals surface area contributed by atoms with Gasteiger partial charge in [-0.15, -0.1) is 0 Å². The van der Waals surface area contributed by atoms with E-state index < -0.39 is 46.8 Å². The van der Waals surface area contributed by atoms with Crippen LogP contribution in [0.2, 0.25) is 5.02 Å². The van der Waals surface area contributed by atoms with E-state index in [1.54, 1.807) is 0 Å². The summed E-state index contributed by atoms with van der Waals surface area (Å²) in [5.74, 6) is -3.50. The first kappa shape index (κ1) is 21.7. The normalized spacial score (nSPS) is 15.3. The average Bonchev–Trinajstić information content (AvgIpc) is 3.06. The van der Waals surface area contributed by atoms with E-state index in [-0.39, 0.29) is 33.5 Å². The van der Waals surface area contributed by atoms with Crippen molar-refractivity contribution < 1.29 is 31.5 Å². The molecule has 2 heterocycles. The quantitative estimate of drug-likeness (QED) is 0.525. The lowest BCUT2D eigenvalue weighted by Crippen LogP contribution is -2.21. The summed E-state index contributed by atoms with van der Waals surface area (Å²) in [6.45, 7) is 0. The zero-order chi connectivity index (χ0) is 23.2. The van der Waals surface area contributed by atoms with Crippen LogP contribution >= 0.6 is 11.6 Å². The molecule has 2 N–H and O–H groups in total. The van der Waals surface area contributed by atoms with Crippen LogP contribution in [0.15, 0.2) is 48.8 Å². The van der Waals surface area contributed by atoms with Crippen LogP contribution in [0.1, 0.15) is 43.4 Å². The first-order valence-electron chi connectivity index (χ1n) is 8.97. The Kier molecular flexibility index (Phi) is 5.33. The lowest BCUT2D eigenvalue weighted by atomic mass is 9.97. The van der Waals surface area contributed by atoms with Gasteiger partial charge in [-0.3, -0.25) is 14.6 Å². The van der Waals surface area contributed by atoms with Crippen molar-refractivity contribution in [2.24, 2.45) is 0 Å².